The van der Waals surface area contributed by atoms with Gasteiger partial charge in [0.05, 0.1) is 22.4 Å². The largest absolute Gasteiger partial charge is 0.494 e. The number of ether oxygens (including phenoxy) is 1. The van der Waals surface area contributed by atoms with Crippen LogP contribution in [-0.2, 0) is 0 Å². The number of methoxy groups -OCH3 is 1. The molecule has 0 atom stereocenters. The molecule has 28 heavy (non-hydrogen) atoms. The number of nitrogens with one attached hydrogen (secondary N) is 1. The molecule has 0 saturated carbocycles. The summed E-state index contributed by atoms with van der Waals surface area (Å²) in [5, 5.41) is 7.07. The summed E-state index contributed by atoms with van der Waals surface area (Å²) in [6, 6.07) is 9.74. The quantitative estimate of drug-likeness (QED) is 0.486. The number of aromatic nitrogens is 2. The average molecular weight is 418 g/mol. The molecule has 0 aliphatic rings. The van der Waals surface area contributed by atoms with Crippen LogP contribution in [0, 0.1) is 12.7 Å². The van der Waals surface area contributed by atoms with Gasteiger partial charge >= 0.3 is 0 Å². The number of rotatable bonds is 4. The third kappa shape index (κ3) is 3.10. The van der Waals surface area contributed by atoms with Gasteiger partial charge in [0.1, 0.15) is 34.1 Å². The number of thiazole rings is 1. The van der Waals surface area contributed by atoms with Crippen molar-refractivity contribution in [2.45, 2.75) is 6.92 Å². The Hall–Kier alpha value is -2.97. The fraction of sp³-hybridized carbons (Fsp3) is 0.105. The molecule has 2 aromatic heterocycles. The Kier molecular flexibility index (Phi) is 4.74. The third-order valence-electron chi connectivity index (χ3n) is 4.11. The van der Waals surface area contributed by atoms with Crippen molar-refractivity contribution in [1.29, 1.82) is 0 Å². The van der Waals surface area contributed by atoms with Crippen LogP contribution < -0.4 is 10.1 Å². The summed E-state index contributed by atoms with van der Waals surface area (Å²) in [5.74, 6) is -0.273. The number of hydrogen-bond acceptors (Lipinski definition) is 6. The van der Waals surface area contributed by atoms with Crippen molar-refractivity contribution >= 4 is 44.2 Å². The van der Waals surface area contributed by atoms with E-state index < -0.39 is 11.7 Å². The molecule has 0 aliphatic carbocycles. The van der Waals surface area contributed by atoms with Gasteiger partial charge in [0.2, 0.25) is 0 Å². The molecule has 6 nitrogen and oxygen atoms in total. The van der Waals surface area contributed by atoms with Crippen LogP contribution in [0.5, 0.6) is 5.75 Å². The molecular weight excluding hydrogens is 405 g/mol. The van der Waals surface area contributed by atoms with Gasteiger partial charge in [-0.3, -0.25) is 10.1 Å². The van der Waals surface area contributed by atoms with Crippen molar-refractivity contribution in [3.05, 3.63) is 58.6 Å². The summed E-state index contributed by atoms with van der Waals surface area (Å²) in [6.07, 6.45) is 0. The fourth-order valence-electron chi connectivity index (χ4n) is 2.84. The Morgan fingerprint density at radius 3 is 2.82 bits per heavy atom. The number of amides is 1. The highest BCUT2D eigenvalue weighted by atomic mass is 35.5. The maximum Gasteiger partial charge on any atom is 0.263 e. The molecule has 0 radical (unpaired) electrons. The van der Waals surface area contributed by atoms with Crippen molar-refractivity contribution < 1.29 is 18.4 Å². The SMILES string of the molecule is COc1cccc2sc(NC(=O)c3c(-c4c(F)cccc4Cl)noc3C)nc12. The Morgan fingerprint density at radius 1 is 1.29 bits per heavy atom. The second-order valence-corrected chi connectivity index (χ2v) is 7.28. The Balaban J connectivity index is 1.73. The summed E-state index contributed by atoms with van der Waals surface area (Å²) >= 11 is 7.41. The molecule has 4 aromatic rings. The molecule has 0 aliphatic heterocycles. The van der Waals surface area contributed by atoms with Crippen LogP contribution in [0.2, 0.25) is 5.02 Å². The summed E-state index contributed by atoms with van der Waals surface area (Å²) in [5.41, 5.74) is 0.789. The number of fused-ring (bicyclic) bond motifs is 1. The van der Waals surface area contributed by atoms with Gasteiger partial charge in [0.25, 0.3) is 5.91 Å². The number of aryl methyl sites for hydroxylation is 1. The van der Waals surface area contributed by atoms with Crippen molar-refractivity contribution in [2.75, 3.05) is 12.4 Å². The van der Waals surface area contributed by atoms with E-state index in [1.165, 1.54) is 29.5 Å². The topological polar surface area (TPSA) is 77.2 Å². The molecule has 0 unspecified atom stereocenters. The van der Waals surface area contributed by atoms with Gasteiger partial charge in [0.15, 0.2) is 5.13 Å². The second-order valence-electron chi connectivity index (χ2n) is 5.84. The van der Waals surface area contributed by atoms with Gasteiger partial charge in [-0.25, -0.2) is 9.37 Å². The standard InChI is InChI=1S/C19H13ClFN3O3S/c1-9-14(17(24-27-9)15-10(20)5-3-6-11(15)21)18(25)23-19-22-16-12(26-2)7-4-8-13(16)28-19/h3-8H,1-2H3,(H,22,23,25). The molecule has 0 fully saturated rings. The van der Waals surface area contributed by atoms with Gasteiger partial charge in [0, 0.05) is 0 Å². The summed E-state index contributed by atoms with van der Waals surface area (Å²) in [4.78, 5) is 17.3. The molecule has 142 valence electrons. The highest BCUT2D eigenvalue weighted by molar-refractivity contribution is 7.22. The van der Waals surface area contributed by atoms with Gasteiger partial charge in [-0.15, -0.1) is 0 Å². The Bertz CT molecular complexity index is 1180. The third-order valence-corrected chi connectivity index (χ3v) is 5.36. The Labute approximate surface area is 167 Å². The lowest BCUT2D eigenvalue weighted by Gasteiger charge is -2.05. The van der Waals surface area contributed by atoms with Crippen LogP contribution in [-0.4, -0.2) is 23.2 Å². The first-order chi connectivity index (χ1) is 13.5. The van der Waals surface area contributed by atoms with E-state index in [0.717, 1.165) is 4.70 Å². The number of halogens is 2. The number of hydrogen-bond donors (Lipinski definition) is 1. The van der Waals surface area contributed by atoms with Crippen LogP contribution in [0.1, 0.15) is 16.1 Å². The maximum atomic E-state index is 14.3. The van der Waals surface area contributed by atoms with Gasteiger partial charge in [-0.1, -0.05) is 40.2 Å². The van der Waals surface area contributed by atoms with E-state index in [-0.39, 0.29) is 27.6 Å². The predicted molar refractivity (Wildman–Crippen MR) is 106 cm³/mol. The first-order valence-electron chi connectivity index (χ1n) is 8.15. The lowest BCUT2D eigenvalue weighted by atomic mass is 10.1. The molecule has 0 bridgehead atoms. The summed E-state index contributed by atoms with van der Waals surface area (Å²) < 4.78 is 25.6. The summed E-state index contributed by atoms with van der Waals surface area (Å²) in [6.45, 7) is 1.57. The second kappa shape index (κ2) is 7.21. The maximum absolute atomic E-state index is 14.3. The minimum atomic E-state index is -0.598. The highest BCUT2D eigenvalue weighted by Crippen LogP contribution is 2.35. The minimum absolute atomic E-state index is 0.0112. The van der Waals surface area contributed by atoms with Crippen LogP contribution in [0.4, 0.5) is 9.52 Å². The molecule has 9 heteroatoms. The first kappa shape index (κ1) is 18.4. The molecule has 2 heterocycles. The van der Waals surface area contributed by atoms with Crippen LogP contribution in [0.3, 0.4) is 0 Å². The minimum Gasteiger partial charge on any atom is -0.494 e. The molecular formula is C19H13ClFN3O3S. The molecule has 4 rings (SSSR count). The van der Waals surface area contributed by atoms with E-state index in [1.54, 1.807) is 20.1 Å². The zero-order valence-corrected chi connectivity index (χ0v) is 16.3. The van der Waals surface area contributed by atoms with E-state index in [4.69, 9.17) is 20.9 Å². The van der Waals surface area contributed by atoms with E-state index in [0.29, 0.717) is 16.4 Å². The average Bonchev–Trinajstić information content (AvgIpc) is 3.24. The van der Waals surface area contributed by atoms with Crippen molar-refractivity contribution in [1.82, 2.24) is 10.1 Å². The van der Waals surface area contributed by atoms with E-state index in [2.05, 4.69) is 15.5 Å². The van der Waals surface area contributed by atoms with Crippen LogP contribution in [0.25, 0.3) is 21.5 Å². The number of carbonyl (C=O) groups excluding carboxylic acids is 1. The number of nitrogens with zero attached hydrogens (tertiary/aromatic N) is 2. The van der Waals surface area contributed by atoms with Crippen LogP contribution >= 0.6 is 22.9 Å². The molecule has 0 spiro atoms. The Morgan fingerprint density at radius 2 is 2.07 bits per heavy atom. The van der Waals surface area contributed by atoms with E-state index in [1.807, 2.05) is 12.1 Å². The van der Waals surface area contributed by atoms with Crippen molar-refractivity contribution in [3.63, 3.8) is 0 Å². The van der Waals surface area contributed by atoms with Gasteiger partial charge < -0.3 is 9.26 Å². The van der Waals surface area contributed by atoms with Crippen molar-refractivity contribution in [3.8, 4) is 17.0 Å². The van der Waals surface area contributed by atoms with Crippen molar-refractivity contribution in [2.24, 2.45) is 0 Å². The smallest absolute Gasteiger partial charge is 0.263 e. The molecule has 0 saturated heterocycles. The van der Waals surface area contributed by atoms with Crippen LogP contribution in [0.15, 0.2) is 40.9 Å². The van der Waals surface area contributed by atoms with Gasteiger partial charge in [-0.05, 0) is 31.2 Å². The lowest BCUT2D eigenvalue weighted by Crippen LogP contribution is -2.13. The molecule has 2 aromatic carbocycles. The fourth-order valence-corrected chi connectivity index (χ4v) is 3.97. The normalized spacial score (nSPS) is 11.0. The number of anilines is 1. The van der Waals surface area contributed by atoms with Gasteiger partial charge in [-0.2, -0.15) is 0 Å². The highest BCUT2D eigenvalue weighted by Gasteiger charge is 2.26. The zero-order valence-electron chi connectivity index (χ0n) is 14.7. The zero-order chi connectivity index (χ0) is 19.8. The number of carbonyl (C=O) groups is 1. The number of benzene rings is 2. The molecule has 1 N–H and O–H groups in total. The van der Waals surface area contributed by atoms with E-state index >= 15 is 0 Å². The monoisotopic (exact) mass is 417 g/mol. The number of para-hydroxylation sites is 1. The van der Waals surface area contributed by atoms with E-state index in [9.17, 15) is 9.18 Å². The lowest BCUT2D eigenvalue weighted by molar-refractivity contribution is 0.102. The predicted octanol–water partition coefficient (Wildman–Crippen LogP) is 5.31. The summed E-state index contributed by atoms with van der Waals surface area (Å²) in [7, 11) is 1.55. The molecule has 1 amide bonds. The first-order valence-corrected chi connectivity index (χ1v) is 9.34.